The number of hydrogen-bond acceptors (Lipinski definition) is 5. The van der Waals surface area contributed by atoms with Gasteiger partial charge in [-0.3, -0.25) is 0 Å². The molecule has 1 aliphatic rings. The zero-order valence-electron chi connectivity index (χ0n) is 12.8. The van der Waals surface area contributed by atoms with Gasteiger partial charge >= 0.3 is 0 Å². The first-order valence-electron chi connectivity index (χ1n) is 7.16. The molecule has 0 radical (unpaired) electrons. The van der Waals surface area contributed by atoms with Crippen molar-refractivity contribution in [3.63, 3.8) is 0 Å². The molecule has 0 fully saturated rings. The molecule has 0 atom stereocenters. The summed E-state index contributed by atoms with van der Waals surface area (Å²) in [5, 5.41) is 4.40. The fraction of sp³-hybridized carbons (Fsp3) is 0.267. The monoisotopic (exact) mass is 329 g/mol. The van der Waals surface area contributed by atoms with Crippen LogP contribution in [0, 0.1) is 6.92 Å². The van der Waals surface area contributed by atoms with Crippen molar-refractivity contribution in [1.82, 2.24) is 24.3 Å². The van der Waals surface area contributed by atoms with Crippen molar-refractivity contribution < 1.29 is 8.42 Å². The van der Waals surface area contributed by atoms with Gasteiger partial charge in [0, 0.05) is 11.8 Å². The van der Waals surface area contributed by atoms with Crippen molar-refractivity contribution >= 4 is 9.84 Å². The lowest BCUT2D eigenvalue weighted by molar-refractivity contribution is 0.598. The summed E-state index contributed by atoms with van der Waals surface area (Å²) in [6.07, 6.45) is 2.99. The van der Waals surface area contributed by atoms with E-state index in [2.05, 4.69) is 15.1 Å². The zero-order valence-corrected chi connectivity index (χ0v) is 13.6. The smallest absolute Gasteiger partial charge is 0.166 e. The molecule has 0 spiro atoms. The summed E-state index contributed by atoms with van der Waals surface area (Å²) in [4.78, 5) is 8.85. The molecule has 2 aromatic heterocycles. The molecule has 7 nitrogen and oxygen atoms in total. The van der Waals surface area contributed by atoms with E-state index in [0.717, 1.165) is 22.6 Å². The number of nitrogens with zero attached hydrogens (tertiary/aromatic N) is 5. The first kappa shape index (κ1) is 14.1. The Morgan fingerprint density at radius 2 is 2.04 bits per heavy atom. The molecular weight excluding hydrogens is 314 g/mol. The fourth-order valence-electron chi connectivity index (χ4n) is 2.87. The van der Waals surface area contributed by atoms with Gasteiger partial charge in [-0.2, -0.15) is 5.10 Å². The number of para-hydroxylation sites is 1. The van der Waals surface area contributed by atoms with Crippen LogP contribution >= 0.6 is 0 Å². The van der Waals surface area contributed by atoms with Crippen molar-refractivity contribution in [2.75, 3.05) is 6.26 Å². The van der Waals surface area contributed by atoms with Crippen LogP contribution < -0.4 is 0 Å². The van der Waals surface area contributed by atoms with Gasteiger partial charge in [0.05, 0.1) is 29.9 Å². The summed E-state index contributed by atoms with van der Waals surface area (Å²) in [7, 11) is -3.18. The zero-order chi connectivity index (χ0) is 16.2. The molecule has 3 heterocycles. The van der Waals surface area contributed by atoms with E-state index in [1.165, 1.54) is 6.26 Å². The molecule has 0 saturated carbocycles. The van der Waals surface area contributed by atoms with Gasteiger partial charge in [-0.15, -0.1) is 0 Å². The molecule has 0 bridgehead atoms. The molecule has 118 valence electrons. The van der Waals surface area contributed by atoms with Gasteiger partial charge in [0.15, 0.2) is 21.5 Å². The van der Waals surface area contributed by atoms with Crippen molar-refractivity contribution in [2.45, 2.75) is 19.2 Å². The standard InChI is InChI=1S/C15H15N5O2S/c1-10-13-7-20-15(17-14(18-20)8-23(2,21)22)11-5-3-4-6-12(11)19(13)9-16-10/h3-6,9H,7-8H2,1-2H3. The maximum Gasteiger partial charge on any atom is 0.166 e. The number of sulfone groups is 1. The molecule has 3 aromatic rings. The Kier molecular flexibility index (Phi) is 2.92. The fourth-order valence-corrected chi connectivity index (χ4v) is 3.46. The Labute approximate surface area is 133 Å². The van der Waals surface area contributed by atoms with Crippen LogP contribution in [0.25, 0.3) is 17.1 Å². The summed E-state index contributed by atoms with van der Waals surface area (Å²) in [6.45, 7) is 2.46. The van der Waals surface area contributed by atoms with Crippen LogP contribution in [-0.2, 0) is 22.1 Å². The van der Waals surface area contributed by atoms with E-state index >= 15 is 0 Å². The van der Waals surface area contributed by atoms with Gasteiger partial charge in [0.25, 0.3) is 0 Å². The minimum Gasteiger partial charge on any atom is -0.300 e. The van der Waals surface area contributed by atoms with Crippen LogP contribution in [0.3, 0.4) is 0 Å². The topological polar surface area (TPSA) is 82.7 Å². The quantitative estimate of drug-likeness (QED) is 0.554. The summed E-state index contributed by atoms with van der Waals surface area (Å²) < 4.78 is 26.9. The van der Waals surface area contributed by atoms with Crippen molar-refractivity contribution in [3.8, 4) is 17.1 Å². The van der Waals surface area contributed by atoms with E-state index < -0.39 is 9.84 Å². The third-order valence-electron chi connectivity index (χ3n) is 3.89. The van der Waals surface area contributed by atoms with Crippen LogP contribution in [0.4, 0.5) is 0 Å². The van der Waals surface area contributed by atoms with Crippen LogP contribution in [0.2, 0.25) is 0 Å². The Balaban J connectivity index is 1.95. The molecule has 0 saturated heterocycles. The highest BCUT2D eigenvalue weighted by Gasteiger charge is 2.24. The molecule has 0 amide bonds. The van der Waals surface area contributed by atoms with Gasteiger partial charge in [-0.1, -0.05) is 12.1 Å². The molecule has 1 aliphatic heterocycles. The molecule has 4 rings (SSSR count). The number of rotatable bonds is 2. The molecule has 1 aromatic carbocycles. The minimum absolute atomic E-state index is 0.159. The molecule has 0 unspecified atom stereocenters. The average molecular weight is 329 g/mol. The molecule has 8 heteroatoms. The highest BCUT2D eigenvalue weighted by molar-refractivity contribution is 7.89. The van der Waals surface area contributed by atoms with E-state index in [1.807, 2.05) is 35.8 Å². The minimum atomic E-state index is -3.18. The normalized spacial score (nSPS) is 13.1. The molecule has 23 heavy (non-hydrogen) atoms. The lowest BCUT2D eigenvalue weighted by atomic mass is 10.1. The van der Waals surface area contributed by atoms with Crippen LogP contribution in [0.1, 0.15) is 17.2 Å². The van der Waals surface area contributed by atoms with Gasteiger partial charge in [0.1, 0.15) is 5.75 Å². The van der Waals surface area contributed by atoms with E-state index in [9.17, 15) is 8.42 Å². The van der Waals surface area contributed by atoms with Gasteiger partial charge < -0.3 is 4.57 Å². The van der Waals surface area contributed by atoms with Crippen molar-refractivity contribution in [3.05, 3.63) is 47.8 Å². The number of aromatic nitrogens is 5. The third-order valence-corrected chi connectivity index (χ3v) is 4.67. The predicted octanol–water partition coefficient (Wildman–Crippen LogP) is 1.35. The van der Waals surface area contributed by atoms with Crippen LogP contribution in [0.5, 0.6) is 0 Å². The molecular formula is C15H15N5O2S. The van der Waals surface area contributed by atoms with Gasteiger partial charge in [-0.25, -0.2) is 23.1 Å². The van der Waals surface area contributed by atoms with E-state index in [1.54, 1.807) is 11.0 Å². The number of aryl methyl sites for hydroxylation is 1. The maximum absolute atomic E-state index is 11.5. The van der Waals surface area contributed by atoms with Crippen LogP contribution in [0.15, 0.2) is 30.6 Å². The first-order chi connectivity index (χ1) is 10.9. The lowest BCUT2D eigenvalue weighted by Crippen LogP contribution is -2.07. The second-order valence-electron chi connectivity index (χ2n) is 5.74. The Hall–Kier alpha value is -2.48. The second-order valence-corrected chi connectivity index (χ2v) is 7.88. The highest BCUT2D eigenvalue weighted by atomic mass is 32.2. The summed E-state index contributed by atoms with van der Waals surface area (Å²) >= 11 is 0. The Morgan fingerprint density at radius 1 is 1.26 bits per heavy atom. The Morgan fingerprint density at radius 3 is 2.83 bits per heavy atom. The number of imidazole rings is 1. The van der Waals surface area contributed by atoms with Gasteiger partial charge in [-0.05, 0) is 19.1 Å². The van der Waals surface area contributed by atoms with E-state index in [0.29, 0.717) is 18.2 Å². The third kappa shape index (κ3) is 2.35. The SMILES string of the molecule is Cc1ncn2c1Cn1nc(CS(C)(=O)=O)nc1-c1ccccc1-2. The number of fused-ring (bicyclic) bond motifs is 5. The summed E-state index contributed by atoms with van der Waals surface area (Å²) in [6, 6.07) is 7.86. The van der Waals surface area contributed by atoms with Crippen molar-refractivity contribution in [1.29, 1.82) is 0 Å². The lowest BCUT2D eigenvalue weighted by Gasteiger charge is -2.07. The summed E-state index contributed by atoms with van der Waals surface area (Å²) in [5.74, 6) is 0.846. The molecule has 0 aliphatic carbocycles. The number of hydrogen-bond donors (Lipinski definition) is 0. The number of benzene rings is 1. The van der Waals surface area contributed by atoms with E-state index in [4.69, 9.17) is 0 Å². The Bertz CT molecular complexity index is 1020. The largest absolute Gasteiger partial charge is 0.300 e. The average Bonchev–Trinajstić information content (AvgIpc) is 2.99. The second kappa shape index (κ2) is 4.76. The maximum atomic E-state index is 11.5. The van der Waals surface area contributed by atoms with E-state index in [-0.39, 0.29) is 5.75 Å². The van der Waals surface area contributed by atoms with Gasteiger partial charge in [0.2, 0.25) is 0 Å². The van der Waals surface area contributed by atoms with Crippen molar-refractivity contribution in [2.24, 2.45) is 0 Å². The highest BCUT2D eigenvalue weighted by Crippen LogP contribution is 2.31. The first-order valence-corrected chi connectivity index (χ1v) is 9.22. The molecule has 0 N–H and O–H groups in total. The predicted molar refractivity (Wildman–Crippen MR) is 85.0 cm³/mol. The van der Waals surface area contributed by atoms with Crippen LogP contribution in [-0.4, -0.2) is 39.0 Å². The summed E-state index contributed by atoms with van der Waals surface area (Å²) in [5.41, 5.74) is 3.83.